The second-order valence-corrected chi connectivity index (χ2v) is 13.2. The number of benzene rings is 1. The minimum Gasteiger partial charge on any atom is -0.507 e. The second kappa shape index (κ2) is 13.7. The van der Waals surface area contributed by atoms with Gasteiger partial charge in [0.15, 0.2) is 0 Å². The Morgan fingerprint density at radius 2 is 1.79 bits per heavy atom. The van der Waals surface area contributed by atoms with Gasteiger partial charge in [-0.2, -0.15) is 0 Å². The van der Waals surface area contributed by atoms with Gasteiger partial charge in [-0.25, -0.2) is 4.79 Å². The lowest BCUT2D eigenvalue weighted by molar-refractivity contribution is -0.229. The summed E-state index contributed by atoms with van der Waals surface area (Å²) < 4.78 is 13.2. The third kappa shape index (κ3) is 6.72. The number of carboxylic acid groups (broad SMARTS) is 1. The topological polar surface area (TPSA) is 134 Å². The van der Waals surface area contributed by atoms with Crippen LogP contribution in [0.1, 0.15) is 115 Å². The van der Waals surface area contributed by atoms with Gasteiger partial charge in [-0.1, -0.05) is 53.7 Å². The van der Waals surface area contributed by atoms with E-state index in [1.807, 2.05) is 27.7 Å². The van der Waals surface area contributed by atoms with E-state index in [0.717, 1.165) is 12.8 Å². The Bertz CT molecular complexity index is 1100. The lowest BCUT2D eigenvalue weighted by Gasteiger charge is -2.47. The molecule has 2 aliphatic rings. The number of carboxylic acids is 1. The summed E-state index contributed by atoms with van der Waals surface area (Å²) in [6.07, 6.45) is 3.34. The number of phenols is 1. The van der Waals surface area contributed by atoms with Gasteiger partial charge < -0.3 is 29.9 Å². The predicted molar refractivity (Wildman–Crippen MR) is 162 cm³/mol. The van der Waals surface area contributed by atoms with E-state index in [1.54, 1.807) is 26.0 Å². The molecule has 2 fully saturated rings. The van der Waals surface area contributed by atoms with Crippen LogP contribution in [0.2, 0.25) is 0 Å². The van der Waals surface area contributed by atoms with Crippen molar-refractivity contribution >= 4 is 11.8 Å². The van der Waals surface area contributed by atoms with Crippen LogP contribution >= 0.6 is 0 Å². The number of aryl methyl sites for hydroxylation is 2. The first kappa shape index (κ1) is 34.5. The lowest BCUT2D eigenvalue weighted by Crippen LogP contribution is -2.55. The van der Waals surface area contributed by atoms with Crippen LogP contribution < -0.4 is 0 Å². The van der Waals surface area contributed by atoms with Gasteiger partial charge in [0.1, 0.15) is 17.1 Å². The normalized spacial score (nSPS) is 32.7. The Hall–Kier alpha value is -2.00. The summed E-state index contributed by atoms with van der Waals surface area (Å²) in [6.45, 7) is 15.4. The van der Waals surface area contributed by atoms with Gasteiger partial charge in [0.25, 0.3) is 0 Å². The number of ketones is 1. The molecule has 0 unspecified atom stereocenters. The molecule has 0 saturated carbocycles. The molecule has 238 valence electrons. The van der Waals surface area contributed by atoms with Crippen molar-refractivity contribution in [3.05, 3.63) is 28.8 Å². The number of rotatable bonds is 13. The second-order valence-electron chi connectivity index (χ2n) is 13.2. The highest BCUT2D eigenvalue weighted by molar-refractivity contribution is 5.93. The maximum atomic E-state index is 13.9. The number of aromatic hydroxyl groups is 1. The number of hydrogen-bond donors (Lipinski definition) is 4. The van der Waals surface area contributed by atoms with Crippen LogP contribution in [0.15, 0.2) is 12.1 Å². The Kier molecular flexibility index (Phi) is 11.3. The Balaban J connectivity index is 1.69. The van der Waals surface area contributed by atoms with Crippen LogP contribution in [0.5, 0.6) is 5.75 Å². The molecular weight excluding hydrogens is 536 g/mol. The molecule has 8 nitrogen and oxygen atoms in total. The van der Waals surface area contributed by atoms with Gasteiger partial charge in [0.2, 0.25) is 0 Å². The summed E-state index contributed by atoms with van der Waals surface area (Å²) in [7, 11) is 0. The van der Waals surface area contributed by atoms with E-state index >= 15 is 0 Å². The highest BCUT2D eigenvalue weighted by Crippen LogP contribution is 2.48. The largest absolute Gasteiger partial charge is 0.507 e. The number of carbonyl (C=O) groups is 2. The van der Waals surface area contributed by atoms with Gasteiger partial charge in [-0.05, 0) is 88.2 Å². The number of aliphatic hydroxyl groups is 2. The zero-order valence-corrected chi connectivity index (χ0v) is 26.9. The fourth-order valence-electron chi connectivity index (χ4n) is 7.45. The van der Waals surface area contributed by atoms with Crippen molar-refractivity contribution in [1.29, 1.82) is 0 Å². The highest BCUT2D eigenvalue weighted by atomic mass is 16.6. The van der Waals surface area contributed by atoms with Crippen molar-refractivity contribution in [2.24, 2.45) is 23.7 Å². The van der Waals surface area contributed by atoms with E-state index in [2.05, 4.69) is 13.8 Å². The molecule has 2 saturated heterocycles. The number of Topliss-reactive ketones (excluding diaryl/α,β-unsaturated/α-hetero) is 1. The molecule has 0 bridgehead atoms. The van der Waals surface area contributed by atoms with Gasteiger partial charge >= 0.3 is 5.97 Å². The molecule has 4 N–H and O–H groups in total. The minimum atomic E-state index is -1.18. The average molecular weight is 591 g/mol. The molecule has 10 atom stereocenters. The van der Waals surface area contributed by atoms with Crippen molar-refractivity contribution in [1.82, 2.24) is 0 Å². The van der Waals surface area contributed by atoms with Crippen molar-refractivity contribution in [2.45, 2.75) is 142 Å². The zero-order chi connectivity index (χ0) is 31.6. The first-order valence-corrected chi connectivity index (χ1v) is 16.0. The van der Waals surface area contributed by atoms with Crippen LogP contribution in [-0.2, 0) is 20.7 Å². The summed E-state index contributed by atoms with van der Waals surface area (Å²) >= 11 is 0. The fraction of sp³-hybridized carbons (Fsp3) is 0.765. The van der Waals surface area contributed by atoms with E-state index in [-0.39, 0.29) is 53.2 Å². The molecule has 1 aromatic carbocycles. The fourth-order valence-corrected chi connectivity index (χ4v) is 7.45. The predicted octanol–water partition coefficient (Wildman–Crippen LogP) is 5.84. The van der Waals surface area contributed by atoms with Gasteiger partial charge in [0.05, 0.1) is 35.6 Å². The number of aromatic carboxylic acids is 1. The van der Waals surface area contributed by atoms with Gasteiger partial charge in [-0.15, -0.1) is 0 Å². The molecule has 0 aromatic heterocycles. The summed E-state index contributed by atoms with van der Waals surface area (Å²) in [4.78, 5) is 25.7. The standard InChI is InChI=1S/C34H54O8/c1-9-25(31-21(6)18-34(11-3,42-31)26-16-17-33(40,10-2)23(8)41-26)30(37)22(7)28(35)19(4)12-14-24-15-13-20(5)29(36)27(24)32(38)39/h13,15,19,21-23,25-26,28,31,35-36,40H,9-12,14,16-18H2,1-8H3,(H,38,39)/t19-,21-,22-,23-,25-,26+,28-,31-,33-,34+/m1/s1. The van der Waals surface area contributed by atoms with Crippen molar-refractivity contribution < 1.29 is 39.5 Å². The summed E-state index contributed by atoms with van der Waals surface area (Å²) in [5, 5.41) is 42.1. The van der Waals surface area contributed by atoms with Gasteiger partial charge in [0, 0.05) is 11.8 Å². The molecule has 2 aliphatic heterocycles. The quantitative estimate of drug-likeness (QED) is 0.225. The molecule has 1 aromatic rings. The summed E-state index contributed by atoms with van der Waals surface area (Å²) in [5.74, 6) is -2.55. The average Bonchev–Trinajstić information content (AvgIpc) is 3.31. The van der Waals surface area contributed by atoms with Crippen LogP contribution in [0.25, 0.3) is 0 Å². The van der Waals surface area contributed by atoms with Crippen LogP contribution in [0, 0.1) is 30.6 Å². The number of aliphatic hydroxyl groups excluding tert-OH is 1. The Morgan fingerprint density at radius 1 is 1.12 bits per heavy atom. The van der Waals surface area contributed by atoms with Crippen molar-refractivity contribution in [3.63, 3.8) is 0 Å². The third-order valence-corrected chi connectivity index (χ3v) is 10.7. The van der Waals surface area contributed by atoms with Gasteiger partial charge in [-0.3, -0.25) is 4.79 Å². The summed E-state index contributed by atoms with van der Waals surface area (Å²) in [5.41, 5.74) is -0.437. The van der Waals surface area contributed by atoms with E-state index in [1.165, 1.54) is 0 Å². The molecule has 3 rings (SSSR count). The molecule has 0 aliphatic carbocycles. The molecule has 2 heterocycles. The molecule has 8 heteroatoms. The Labute approximate surface area is 251 Å². The lowest BCUT2D eigenvalue weighted by atomic mass is 9.76. The SMILES string of the molecule is CC[C@H](C(=O)[C@H](C)[C@H](O)[C@H](C)CCc1ccc(C)c(O)c1C(=O)O)[C@@H]1O[C@](CC)([C@@H]2CC[C@](O)(CC)[C@@H](C)O2)C[C@H]1C. The third-order valence-electron chi connectivity index (χ3n) is 10.7. The van der Waals surface area contributed by atoms with E-state index in [9.17, 15) is 30.0 Å². The smallest absolute Gasteiger partial charge is 0.339 e. The van der Waals surface area contributed by atoms with Crippen molar-refractivity contribution in [3.8, 4) is 5.75 Å². The number of hydrogen-bond acceptors (Lipinski definition) is 7. The van der Waals surface area contributed by atoms with E-state index in [0.29, 0.717) is 49.7 Å². The Morgan fingerprint density at radius 3 is 2.33 bits per heavy atom. The maximum Gasteiger partial charge on any atom is 0.339 e. The number of ether oxygens (including phenoxy) is 2. The summed E-state index contributed by atoms with van der Waals surface area (Å²) in [6, 6.07) is 3.40. The van der Waals surface area contributed by atoms with Crippen molar-refractivity contribution in [2.75, 3.05) is 0 Å². The van der Waals surface area contributed by atoms with Crippen LogP contribution in [0.4, 0.5) is 0 Å². The maximum absolute atomic E-state index is 13.9. The highest BCUT2D eigenvalue weighted by Gasteiger charge is 2.55. The van der Waals surface area contributed by atoms with Crippen LogP contribution in [0.3, 0.4) is 0 Å². The van der Waals surface area contributed by atoms with E-state index < -0.39 is 29.2 Å². The molecular formula is C34H54O8. The van der Waals surface area contributed by atoms with Crippen LogP contribution in [-0.4, -0.2) is 67.8 Å². The monoisotopic (exact) mass is 590 g/mol. The molecule has 0 spiro atoms. The first-order valence-electron chi connectivity index (χ1n) is 16.0. The molecule has 0 radical (unpaired) electrons. The molecule has 42 heavy (non-hydrogen) atoms. The number of carbonyl (C=O) groups excluding carboxylic acids is 1. The first-order chi connectivity index (χ1) is 19.7. The van der Waals surface area contributed by atoms with E-state index in [4.69, 9.17) is 9.47 Å². The molecule has 0 amide bonds. The zero-order valence-electron chi connectivity index (χ0n) is 26.9. The minimum absolute atomic E-state index is 0.0157.